The van der Waals surface area contributed by atoms with Gasteiger partial charge in [0, 0.05) is 0 Å². The van der Waals surface area contributed by atoms with Crippen molar-refractivity contribution in [2.45, 2.75) is 0 Å². The summed E-state index contributed by atoms with van der Waals surface area (Å²) in [6, 6.07) is 12.5. The number of rotatable bonds is 3. The SMILES string of the molecule is [2H]c1c([2H])c2c([2H])c([2H])c3c([2H])cc(-c4ccc5ccccc5c4-c4ccc(-c5c([2H])c([2H])c6c([2H])c([2H])c7c([2H])c([2H])c([2H])c8c([2H])c([2H])c5c6c78)cc4)c4c([2H])c([2H])c(c1[2H])c2c34. The van der Waals surface area contributed by atoms with E-state index in [0.29, 0.717) is 27.8 Å². The second kappa shape index (κ2) is 9.64. The Labute approximate surface area is 301 Å². The molecule has 48 heavy (non-hydrogen) atoms. The Balaban J connectivity index is 1.22. The van der Waals surface area contributed by atoms with Crippen molar-refractivity contribution in [3.05, 3.63) is 169 Å². The van der Waals surface area contributed by atoms with Crippen molar-refractivity contribution >= 4 is 75.4 Å². The summed E-state index contributed by atoms with van der Waals surface area (Å²) in [5.74, 6) is 0. The molecule has 0 spiro atoms. The van der Waals surface area contributed by atoms with Gasteiger partial charge in [0.25, 0.3) is 0 Å². The summed E-state index contributed by atoms with van der Waals surface area (Å²) in [4.78, 5) is 0. The van der Waals surface area contributed by atoms with Crippen LogP contribution in [0.4, 0.5) is 0 Å². The summed E-state index contributed by atoms with van der Waals surface area (Å²) in [5.41, 5.74) is 2.57. The van der Waals surface area contributed by atoms with Crippen LogP contribution in [0.1, 0.15) is 23.3 Å². The summed E-state index contributed by atoms with van der Waals surface area (Å²) >= 11 is 0. The average molecular weight is 622 g/mol. The van der Waals surface area contributed by atoms with Gasteiger partial charge in [-0.3, -0.25) is 0 Å². The molecule has 0 heteroatoms. The third-order valence-electron chi connectivity index (χ3n) is 9.37. The molecule has 220 valence electrons. The van der Waals surface area contributed by atoms with Crippen molar-refractivity contribution in [3.8, 4) is 33.4 Å². The Morgan fingerprint density at radius 2 is 0.812 bits per heavy atom. The van der Waals surface area contributed by atoms with Crippen LogP contribution in [0.25, 0.3) is 109 Å². The molecule has 11 aromatic rings. The summed E-state index contributed by atoms with van der Waals surface area (Å²) < 4.78 is 152. The number of fused-ring (bicyclic) bond motifs is 1. The monoisotopic (exact) mass is 621 g/mol. The molecule has 11 rings (SSSR count). The Hall–Kier alpha value is -6.24. The quantitative estimate of drug-likeness (QED) is 0.172. The molecule has 0 N–H and O–H groups in total. The predicted octanol–water partition coefficient (Wildman–Crippen LogP) is 13.6. The number of hydrogen-bond donors (Lipinski definition) is 0. The topological polar surface area (TPSA) is 0 Å². The van der Waals surface area contributed by atoms with Gasteiger partial charge >= 0.3 is 0 Å². The van der Waals surface area contributed by atoms with E-state index in [1.54, 1.807) is 24.3 Å². The fourth-order valence-electron chi connectivity index (χ4n) is 7.22. The summed E-state index contributed by atoms with van der Waals surface area (Å²) in [6.45, 7) is 0. The van der Waals surface area contributed by atoms with Crippen LogP contribution in [0.2, 0.25) is 0 Å². The lowest BCUT2D eigenvalue weighted by Crippen LogP contribution is -1.91. The lowest BCUT2D eigenvalue weighted by atomic mass is 9.85. The molecule has 0 nitrogen and oxygen atoms in total. The van der Waals surface area contributed by atoms with E-state index >= 15 is 0 Å². The molecular weight excluding hydrogens is 577 g/mol. The van der Waals surface area contributed by atoms with Crippen molar-refractivity contribution in [3.63, 3.8) is 0 Å². The Morgan fingerprint density at radius 3 is 1.48 bits per heavy atom. The molecule has 0 heterocycles. The van der Waals surface area contributed by atoms with Crippen LogP contribution in [0.3, 0.4) is 0 Å². The van der Waals surface area contributed by atoms with Gasteiger partial charge in [-0.1, -0.05) is 169 Å². The highest BCUT2D eigenvalue weighted by molar-refractivity contribution is 6.27. The normalized spacial score (nSPS) is 17.1. The minimum Gasteiger partial charge on any atom is -0.0616 e. The molecule has 0 amide bonds. The Bertz CT molecular complexity index is 3960. The molecule has 0 fully saturated rings. The first-order valence-electron chi connectivity index (χ1n) is 23.9. The van der Waals surface area contributed by atoms with Gasteiger partial charge in [-0.15, -0.1) is 0 Å². The zero-order valence-corrected chi connectivity index (χ0v) is 24.9. The van der Waals surface area contributed by atoms with Gasteiger partial charge < -0.3 is 0 Å². The van der Waals surface area contributed by atoms with Gasteiger partial charge in [0.15, 0.2) is 0 Å². The van der Waals surface area contributed by atoms with E-state index in [1.165, 1.54) is 6.07 Å². The van der Waals surface area contributed by atoms with E-state index < -0.39 is 78.6 Å². The van der Waals surface area contributed by atoms with Gasteiger partial charge in [0.1, 0.15) is 0 Å². The lowest BCUT2D eigenvalue weighted by molar-refractivity contribution is 1.62. The molecule has 0 unspecified atom stereocenters. The number of benzene rings is 11. The molecule has 0 saturated heterocycles. The second-order valence-electron chi connectivity index (χ2n) is 11.9. The highest BCUT2D eigenvalue weighted by Crippen LogP contribution is 2.45. The Kier molecular flexibility index (Phi) is 2.95. The van der Waals surface area contributed by atoms with Crippen LogP contribution in [-0.4, -0.2) is 0 Å². The lowest BCUT2D eigenvalue weighted by Gasteiger charge is -2.18. The molecule has 0 bridgehead atoms. The van der Waals surface area contributed by atoms with Crippen molar-refractivity contribution in [1.82, 2.24) is 0 Å². The standard InChI is InChI=1S/C48H28/c1-2-10-39-29(5-1)19-26-42(40-25-21-37-18-16-32-7-4-9-34-23-28-43(40)48(37)45(32)34)46(39)35-13-11-30(12-14-35)38-24-20-36-17-15-31-6-3-8-33-22-27-41(38)47(36)44(31)33/h1-28H/i3D,4D,6D,7D,8D,9D,15D,16D,17D,18D,20D,21D,22D,23D,24D,27D,28D. The Morgan fingerprint density at radius 1 is 0.292 bits per heavy atom. The van der Waals surface area contributed by atoms with Gasteiger partial charge in [-0.2, -0.15) is 0 Å². The summed E-state index contributed by atoms with van der Waals surface area (Å²) in [6.07, 6.45) is 0. The molecule has 0 radical (unpaired) electrons. The van der Waals surface area contributed by atoms with Crippen molar-refractivity contribution in [2.75, 3.05) is 0 Å². The maximum Gasteiger partial charge on any atom is 0.0630 e. The maximum absolute atomic E-state index is 9.42. The van der Waals surface area contributed by atoms with Gasteiger partial charge in [-0.25, -0.2) is 0 Å². The van der Waals surface area contributed by atoms with E-state index in [1.807, 2.05) is 36.4 Å². The largest absolute Gasteiger partial charge is 0.0630 e. The molecule has 0 aromatic heterocycles. The van der Waals surface area contributed by atoms with Crippen LogP contribution in [-0.2, 0) is 0 Å². The molecule has 0 aliphatic heterocycles. The first-order chi connectivity index (χ1) is 30.9. The second-order valence-corrected chi connectivity index (χ2v) is 11.9. The van der Waals surface area contributed by atoms with Crippen LogP contribution >= 0.6 is 0 Å². The van der Waals surface area contributed by atoms with E-state index in [4.69, 9.17) is 17.8 Å². The van der Waals surface area contributed by atoms with Gasteiger partial charge in [-0.05, 0) is 109 Å². The fourth-order valence-corrected chi connectivity index (χ4v) is 7.22. The highest BCUT2D eigenvalue weighted by Gasteiger charge is 2.18. The van der Waals surface area contributed by atoms with E-state index in [2.05, 4.69) is 0 Å². The molecule has 11 aromatic carbocycles. The molecule has 0 aliphatic carbocycles. The zero-order chi connectivity index (χ0) is 46.1. The van der Waals surface area contributed by atoms with Crippen LogP contribution in [0.5, 0.6) is 0 Å². The molecular formula is C48H28. The minimum atomic E-state index is -0.553. The third-order valence-corrected chi connectivity index (χ3v) is 9.37. The first kappa shape index (κ1) is 14.7. The summed E-state index contributed by atoms with van der Waals surface area (Å²) in [5, 5.41) is 1.64. The van der Waals surface area contributed by atoms with Crippen LogP contribution in [0.15, 0.2) is 169 Å². The highest BCUT2D eigenvalue weighted by atomic mass is 14.2. The van der Waals surface area contributed by atoms with Crippen molar-refractivity contribution in [2.24, 2.45) is 0 Å². The van der Waals surface area contributed by atoms with Crippen LogP contribution in [0, 0.1) is 0 Å². The first-order valence-corrected chi connectivity index (χ1v) is 15.4. The maximum atomic E-state index is 9.42. The van der Waals surface area contributed by atoms with E-state index in [0.717, 1.165) is 10.8 Å². The summed E-state index contributed by atoms with van der Waals surface area (Å²) in [7, 11) is 0. The number of hydrogen-bond acceptors (Lipinski definition) is 0. The van der Waals surface area contributed by atoms with Crippen molar-refractivity contribution < 1.29 is 23.3 Å². The van der Waals surface area contributed by atoms with Crippen molar-refractivity contribution in [1.29, 1.82) is 0 Å². The van der Waals surface area contributed by atoms with E-state index in [9.17, 15) is 5.48 Å². The fraction of sp³-hybridized carbons (Fsp3) is 0. The minimum absolute atomic E-state index is 0.0235. The molecule has 0 saturated carbocycles. The van der Waals surface area contributed by atoms with Gasteiger partial charge in [0.05, 0.1) is 23.3 Å². The van der Waals surface area contributed by atoms with Crippen LogP contribution < -0.4 is 0 Å². The van der Waals surface area contributed by atoms with E-state index in [-0.39, 0.29) is 94.4 Å². The third kappa shape index (κ3) is 3.55. The van der Waals surface area contributed by atoms with Gasteiger partial charge in [0.2, 0.25) is 0 Å². The average Bonchev–Trinajstić information content (AvgIpc) is 3.29. The smallest absolute Gasteiger partial charge is 0.0616 e. The predicted molar refractivity (Wildman–Crippen MR) is 208 cm³/mol. The molecule has 0 aliphatic rings. The molecule has 0 atom stereocenters. The zero-order valence-electron chi connectivity index (χ0n) is 41.9.